The minimum atomic E-state index is -0.469. The topological polar surface area (TPSA) is 183 Å². The van der Waals surface area contributed by atoms with Gasteiger partial charge in [0.15, 0.2) is 0 Å². The van der Waals surface area contributed by atoms with E-state index >= 15 is 0 Å². The zero-order valence-electron chi connectivity index (χ0n) is 31.6. The molecule has 0 spiro atoms. The number of benzene rings is 2. The summed E-state index contributed by atoms with van der Waals surface area (Å²) in [5.41, 5.74) is 6.06. The van der Waals surface area contributed by atoms with Crippen molar-refractivity contribution in [3.63, 3.8) is 0 Å². The highest BCUT2D eigenvalue weighted by molar-refractivity contribution is 6.08. The zero-order valence-corrected chi connectivity index (χ0v) is 31.6. The van der Waals surface area contributed by atoms with Gasteiger partial charge in [0, 0.05) is 85.5 Å². The first-order valence-electron chi connectivity index (χ1n) is 18.1. The maximum absolute atomic E-state index is 11.8. The molecule has 57 heavy (non-hydrogen) atoms. The quantitative estimate of drug-likeness (QED) is 0.113. The molecule has 1 atom stereocenters. The summed E-state index contributed by atoms with van der Waals surface area (Å²) in [5.74, 6) is 0.867. The SMILES string of the molecule is CN/C(=C(C#N)/C(C1=C/C2=C/C/C=C\C=CC2N1)=C1/C(C#N)=C(N(C)C)N(C2=CCC=C([N+](=O)[O-])C=C2)c2c1[nH]c1ccccc21)N(C)c1ccc([N+](=O)[O-])cc1. The van der Waals surface area contributed by atoms with Gasteiger partial charge in [0.05, 0.1) is 27.3 Å². The average Bonchev–Trinajstić information content (AvgIpc) is 3.67. The number of H-pyrrole nitrogens is 1. The van der Waals surface area contributed by atoms with Crippen molar-refractivity contribution in [2.75, 3.05) is 38.0 Å². The van der Waals surface area contributed by atoms with Crippen molar-refractivity contribution >= 4 is 33.5 Å². The normalized spacial score (nSPS) is 20.0. The van der Waals surface area contributed by atoms with Gasteiger partial charge in [-0.25, -0.2) is 0 Å². The van der Waals surface area contributed by atoms with E-state index in [1.807, 2.05) is 78.5 Å². The molecule has 0 fully saturated rings. The molecule has 3 heterocycles. The Kier molecular flexibility index (Phi) is 10.2. The second kappa shape index (κ2) is 15.5. The summed E-state index contributed by atoms with van der Waals surface area (Å²) < 4.78 is 0. The van der Waals surface area contributed by atoms with Crippen LogP contribution in [-0.2, 0) is 0 Å². The number of nitro groups is 2. The Morgan fingerprint density at radius 3 is 2.42 bits per heavy atom. The molecule has 14 heteroatoms. The largest absolute Gasteiger partial charge is 0.374 e. The third-order valence-corrected chi connectivity index (χ3v) is 10.1. The Bertz CT molecular complexity index is 2610. The standard InChI is InChI=1S/C43H38N10O4/c1-46-42(50(4)28-18-21-31(22-19-28)53(56)57)33(25-44)38(37-24-27-12-7-5-6-8-16-35(27)47-37)39-34(26-45)43(49(2)3)51(29-13-11-14-30(23-20-29)52(54)55)41-32-15-9-10-17-36(32)48-40(39)41/h5-6,8-10,12-24,35,46-48H,7,11H2,1-4H3/b6-5-,16-8?,27-12-,39-38+,42-33-. The van der Waals surface area contributed by atoms with Crippen molar-refractivity contribution in [3.05, 3.63) is 186 Å². The molecule has 14 nitrogen and oxygen atoms in total. The summed E-state index contributed by atoms with van der Waals surface area (Å²) in [6, 6.07) is 18.5. The number of nitro benzene ring substituents is 1. The van der Waals surface area contributed by atoms with Crippen molar-refractivity contribution in [1.29, 1.82) is 10.5 Å². The third kappa shape index (κ3) is 6.77. The lowest BCUT2D eigenvalue weighted by Gasteiger charge is -2.38. The Morgan fingerprint density at radius 2 is 1.74 bits per heavy atom. The lowest BCUT2D eigenvalue weighted by Crippen LogP contribution is -2.35. The van der Waals surface area contributed by atoms with Crippen LogP contribution in [0.4, 0.5) is 17.1 Å². The van der Waals surface area contributed by atoms with Gasteiger partial charge in [-0.2, -0.15) is 10.5 Å². The lowest BCUT2D eigenvalue weighted by molar-refractivity contribution is -0.419. The smallest absolute Gasteiger partial charge is 0.269 e. The lowest BCUT2D eigenvalue weighted by atomic mass is 9.86. The first-order chi connectivity index (χ1) is 27.6. The van der Waals surface area contributed by atoms with Crippen LogP contribution >= 0.6 is 0 Å². The minimum absolute atomic E-state index is 0.0393. The van der Waals surface area contributed by atoms with Crippen LogP contribution in [0.1, 0.15) is 18.5 Å². The molecule has 1 aromatic heterocycles. The molecule has 7 rings (SSSR count). The van der Waals surface area contributed by atoms with Crippen LogP contribution in [0.15, 0.2) is 160 Å². The van der Waals surface area contributed by atoms with Crippen molar-refractivity contribution in [3.8, 4) is 12.1 Å². The molecule has 2 aliphatic carbocycles. The number of para-hydroxylation sites is 1. The number of nitriles is 2. The molecule has 1 unspecified atom stereocenters. The summed E-state index contributed by atoms with van der Waals surface area (Å²) in [4.78, 5) is 31.5. The highest BCUT2D eigenvalue weighted by Gasteiger charge is 2.40. The molecule has 284 valence electrons. The van der Waals surface area contributed by atoms with E-state index < -0.39 is 9.85 Å². The number of aromatic nitrogens is 1. The van der Waals surface area contributed by atoms with Crippen molar-refractivity contribution in [2.45, 2.75) is 18.9 Å². The molecule has 2 aromatic carbocycles. The van der Waals surface area contributed by atoms with Crippen LogP contribution < -0.4 is 20.4 Å². The fourth-order valence-electron chi connectivity index (χ4n) is 7.52. The van der Waals surface area contributed by atoms with E-state index in [1.165, 1.54) is 18.2 Å². The Labute approximate surface area is 329 Å². The number of fused-ring (bicyclic) bond motifs is 4. The van der Waals surface area contributed by atoms with Crippen LogP contribution in [-0.4, -0.2) is 54.0 Å². The van der Waals surface area contributed by atoms with Gasteiger partial charge in [-0.05, 0) is 54.8 Å². The summed E-state index contributed by atoms with van der Waals surface area (Å²) in [5, 5.41) is 53.7. The number of anilines is 2. The third-order valence-electron chi connectivity index (χ3n) is 10.1. The number of non-ortho nitro benzene ring substituents is 1. The predicted molar refractivity (Wildman–Crippen MR) is 220 cm³/mol. The van der Waals surface area contributed by atoms with Gasteiger partial charge in [-0.3, -0.25) is 25.1 Å². The minimum Gasteiger partial charge on any atom is -0.374 e. The zero-order chi connectivity index (χ0) is 40.4. The summed E-state index contributed by atoms with van der Waals surface area (Å²) in [6.45, 7) is 0. The van der Waals surface area contributed by atoms with E-state index in [0.717, 1.165) is 16.5 Å². The van der Waals surface area contributed by atoms with E-state index in [4.69, 9.17) is 0 Å². The molecule has 4 aliphatic rings. The molecule has 0 saturated heterocycles. The van der Waals surface area contributed by atoms with Crippen LogP contribution in [0, 0.1) is 42.9 Å². The maximum Gasteiger partial charge on any atom is 0.269 e. The Hall–Kier alpha value is -7.84. The number of nitrogens with zero attached hydrogens (tertiary/aromatic N) is 7. The van der Waals surface area contributed by atoms with E-state index in [-0.39, 0.29) is 35.0 Å². The van der Waals surface area contributed by atoms with Gasteiger partial charge in [0.25, 0.3) is 11.4 Å². The second-order valence-electron chi connectivity index (χ2n) is 13.6. The molecular formula is C43H38N10O4. The first kappa shape index (κ1) is 37.5. The molecular weight excluding hydrogens is 721 g/mol. The Balaban J connectivity index is 1.60. The van der Waals surface area contributed by atoms with Crippen LogP contribution in [0.3, 0.4) is 0 Å². The summed E-state index contributed by atoms with van der Waals surface area (Å²) >= 11 is 0. The number of nitrogens with one attached hydrogen (secondary N) is 3. The van der Waals surface area contributed by atoms with Crippen LogP contribution in [0.2, 0.25) is 0 Å². The maximum atomic E-state index is 11.8. The fraction of sp³-hybridized carbons (Fsp3) is 0.163. The fourth-order valence-corrected chi connectivity index (χ4v) is 7.52. The van der Waals surface area contributed by atoms with Crippen molar-refractivity contribution in [1.82, 2.24) is 20.5 Å². The van der Waals surface area contributed by atoms with Gasteiger partial charge < -0.3 is 25.4 Å². The van der Waals surface area contributed by atoms with Gasteiger partial charge in [-0.15, -0.1) is 0 Å². The molecule has 0 bridgehead atoms. The number of hydrogen-bond acceptors (Lipinski definition) is 11. The molecule has 2 aliphatic heterocycles. The van der Waals surface area contributed by atoms with Crippen LogP contribution in [0.25, 0.3) is 16.5 Å². The Morgan fingerprint density at radius 1 is 0.965 bits per heavy atom. The molecule has 3 aromatic rings. The number of hydrogen-bond donors (Lipinski definition) is 3. The van der Waals surface area contributed by atoms with Gasteiger partial charge >= 0.3 is 0 Å². The summed E-state index contributed by atoms with van der Waals surface area (Å²) in [7, 11) is 7.12. The van der Waals surface area contributed by atoms with E-state index in [9.17, 15) is 30.8 Å². The number of allylic oxidation sites excluding steroid dienone is 11. The predicted octanol–water partition coefficient (Wildman–Crippen LogP) is 7.34. The number of rotatable bonds is 9. The van der Waals surface area contributed by atoms with Crippen LogP contribution in [0.5, 0.6) is 0 Å². The highest BCUT2D eigenvalue weighted by atomic mass is 16.6. The van der Waals surface area contributed by atoms with E-state index in [0.29, 0.717) is 57.7 Å². The monoisotopic (exact) mass is 758 g/mol. The molecule has 0 radical (unpaired) electrons. The van der Waals surface area contributed by atoms with E-state index in [2.05, 4.69) is 39.9 Å². The molecule has 0 amide bonds. The van der Waals surface area contributed by atoms with Gasteiger partial charge in [-0.1, -0.05) is 54.7 Å². The van der Waals surface area contributed by atoms with Gasteiger partial charge in [0.1, 0.15) is 34.9 Å². The molecule has 0 saturated carbocycles. The average molecular weight is 759 g/mol. The van der Waals surface area contributed by atoms with Crippen molar-refractivity contribution < 1.29 is 9.85 Å². The summed E-state index contributed by atoms with van der Waals surface area (Å²) in [6.07, 6.45) is 19.7. The second-order valence-corrected chi connectivity index (χ2v) is 13.6. The van der Waals surface area contributed by atoms with E-state index in [1.54, 1.807) is 43.3 Å². The number of aromatic amines is 1. The first-order valence-corrected chi connectivity index (χ1v) is 18.1. The van der Waals surface area contributed by atoms with Crippen molar-refractivity contribution in [2.24, 2.45) is 0 Å². The molecule has 3 N–H and O–H groups in total. The highest BCUT2D eigenvalue weighted by Crippen LogP contribution is 2.50. The van der Waals surface area contributed by atoms with Gasteiger partial charge in [0.2, 0.25) is 0 Å².